The zero-order valence-electron chi connectivity index (χ0n) is 15.8. The van der Waals surface area contributed by atoms with Crippen LogP contribution < -0.4 is 10.5 Å². The van der Waals surface area contributed by atoms with Crippen LogP contribution in [0, 0.1) is 23.2 Å². The number of benzene rings is 1. The first-order valence-corrected chi connectivity index (χ1v) is 10.1. The van der Waals surface area contributed by atoms with Crippen LogP contribution in [0.5, 0.6) is 5.75 Å². The van der Waals surface area contributed by atoms with E-state index in [0.29, 0.717) is 11.7 Å². The van der Waals surface area contributed by atoms with Crippen LogP contribution in [0.4, 0.5) is 0 Å². The molecule has 2 fully saturated rings. The fraction of sp³-hybridized carbons (Fsp3) is 0.636. The molecule has 2 aliphatic rings. The van der Waals surface area contributed by atoms with Gasteiger partial charge in [0.05, 0.1) is 11.3 Å². The Morgan fingerprint density at radius 1 is 1.12 bits per heavy atom. The van der Waals surface area contributed by atoms with Gasteiger partial charge in [-0.2, -0.15) is 0 Å². The van der Waals surface area contributed by atoms with Crippen molar-refractivity contribution in [3.8, 4) is 5.75 Å². The van der Waals surface area contributed by atoms with Gasteiger partial charge in [-0.25, -0.2) is 0 Å². The second-order valence-electron chi connectivity index (χ2n) is 8.12. The summed E-state index contributed by atoms with van der Waals surface area (Å²) in [5, 5.41) is 0. The van der Waals surface area contributed by atoms with Crippen molar-refractivity contribution in [1.82, 2.24) is 0 Å². The van der Waals surface area contributed by atoms with Crippen LogP contribution in [-0.2, 0) is 9.59 Å². The number of ether oxygens (including phenoxy) is 1. The van der Waals surface area contributed by atoms with E-state index in [1.807, 2.05) is 18.2 Å². The van der Waals surface area contributed by atoms with Crippen molar-refractivity contribution in [3.05, 3.63) is 30.3 Å². The van der Waals surface area contributed by atoms with Crippen molar-refractivity contribution in [2.24, 2.45) is 28.9 Å². The molecule has 2 saturated carbocycles. The number of amides is 1. The first kappa shape index (κ1) is 18.9. The molecular weight excluding hydrogens is 326 g/mol. The predicted octanol–water partition coefficient (Wildman–Crippen LogP) is 4.47. The average molecular weight is 357 g/mol. The molecule has 142 valence electrons. The van der Waals surface area contributed by atoms with Gasteiger partial charge in [-0.3, -0.25) is 9.59 Å². The Balaban J connectivity index is 1.86. The minimum Gasteiger partial charge on any atom is -0.426 e. The van der Waals surface area contributed by atoms with E-state index < -0.39 is 5.41 Å². The standard InChI is InChI=1S/C22H31NO3/c1-2-16-11-12-18(20(24)26-17-9-5-3-6-10-17)19(15-16)22(21(23)25)13-7-4-8-14-22/h3,5-6,9-10,16,18-19H,2,4,7-8,11-15H2,1H3,(H2,23,25). The quantitative estimate of drug-likeness (QED) is 0.624. The first-order valence-electron chi connectivity index (χ1n) is 10.1. The van der Waals surface area contributed by atoms with Crippen molar-refractivity contribution in [1.29, 1.82) is 0 Å². The summed E-state index contributed by atoms with van der Waals surface area (Å²) in [4.78, 5) is 25.6. The molecule has 1 aromatic rings. The number of carbonyl (C=O) groups is 2. The maximum Gasteiger partial charge on any atom is 0.314 e. The number of carbonyl (C=O) groups excluding carboxylic acids is 2. The molecule has 2 aliphatic carbocycles. The van der Waals surface area contributed by atoms with Gasteiger partial charge in [0.2, 0.25) is 5.91 Å². The van der Waals surface area contributed by atoms with E-state index in [2.05, 4.69) is 6.92 Å². The molecule has 3 rings (SSSR count). The number of para-hydroxylation sites is 1. The summed E-state index contributed by atoms with van der Waals surface area (Å²) in [7, 11) is 0. The molecule has 0 bridgehead atoms. The van der Waals surface area contributed by atoms with Crippen LogP contribution >= 0.6 is 0 Å². The number of esters is 1. The summed E-state index contributed by atoms with van der Waals surface area (Å²) in [6.07, 6.45) is 8.66. The third-order valence-electron chi connectivity index (χ3n) is 6.75. The zero-order valence-corrected chi connectivity index (χ0v) is 15.8. The minimum absolute atomic E-state index is 0.00946. The second-order valence-corrected chi connectivity index (χ2v) is 8.12. The van der Waals surface area contributed by atoms with Crippen LogP contribution in [0.15, 0.2) is 30.3 Å². The van der Waals surface area contributed by atoms with Crippen LogP contribution in [0.3, 0.4) is 0 Å². The molecule has 0 aromatic heterocycles. The monoisotopic (exact) mass is 357 g/mol. The lowest BCUT2D eigenvalue weighted by molar-refractivity contribution is -0.151. The molecule has 4 heteroatoms. The molecule has 2 N–H and O–H groups in total. The van der Waals surface area contributed by atoms with Gasteiger partial charge >= 0.3 is 5.97 Å². The third kappa shape index (κ3) is 3.79. The number of primary amides is 1. The molecule has 0 saturated heterocycles. The minimum atomic E-state index is -0.535. The second kappa shape index (κ2) is 8.24. The molecule has 0 aliphatic heterocycles. The van der Waals surface area contributed by atoms with E-state index in [1.54, 1.807) is 12.1 Å². The average Bonchev–Trinajstić information content (AvgIpc) is 2.68. The molecular formula is C22H31NO3. The van der Waals surface area contributed by atoms with Crippen LogP contribution in [-0.4, -0.2) is 11.9 Å². The summed E-state index contributed by atoms with van der Waals surface area (Å²) < 4.78 is 5.68. The van der Waals surface area contributed by atoms with Gasteiger partial charge < -0.3 is 10.5 Å². The Labute approximate surface area is 156 Å². The van der Waals surface area contributed by atoms with Crippen LogP contribution in [0.2, 0.25) is 0 Å². The van der Waals surface area contributed by atoms with Crippen molar-refractivity contribution in [2.45, 2.75) is 64.7 Å². The van der Waals surface area contributed by atoms with E-state index in [-0.39, 0.29) is 23.7 Å². The highest BCUT2D eigenvalue weighted by Gasteiger charge is 2.52. The van der Waals surface area contributed by atoms with E-state index in [0.717, 1.165) is 57.8 Å². The lowest BCUT2D eigenvalue weighted by atomic mass is 9.56. The van der Waals surface area contributed by atoms with Gasteiger partial charge in [0.25, 0.3) is 0 Å². The topological polar surface area (TPSA) is 69.4 Å². The maximum atomic E-state index is 13.0. The Morgan fingerprint density at radius 2 is 1.81 bits per heavy atom. The summed E-state index contributed by atoms with van der Waals surface area (Å²) in [5.41, 5.74) is 5.41. The number of hydrogen-bond acceptors (Lipinski definition) is 3. The van der Waals surface area contributed by atoms with E-state index in [1.165, 1.54) is 0 Å². The fourth-order valence-electron chi connectivity index (χ4n) is 5.18. The van der Waals surface area contributed by atoms with Crippen molar-refractivity contribution in [3.63, 3.8) is 0 Å². The normalized spacial score (nSPS) is 28.3. The lowest BCUT2D eigenvalue weighted by Gasteiger charge is -2.47. The highest BCUT2D eigenvalue weighted by atomic mass is 16.5. The van der Waals surface area contributed by atoms with Crippen LogP contribution in [0.25, 0.3) is 0 Å². The van der Waals surface area contributed by atoms with Crippen molar-refractivity contribution in [2.75, 3.05) is 0 Å². The Hall–Kier alpha value is -1.84. The zero-order chi connectivity index (χ0) is 18.6. The first-order chi connectivity index (χ1) is 12.6. The molecule has 3 atom stereocenters. The predicted molar refractivity (Wildman–Crippen MR) is 101 cm³/mol. The van der Waals surface area contributed by atoms with Gasteiger partial charge in [0.15, 0.2) is 0 Å². The van der Waals surface area contributed by atoms with Gasteiger partial charge in [0, 0.05) is 0 Å². The molecule has 1 amide bonds. The highest BCUT2D eigenvalue weighted by molar-refractivity contribution is 5.83. The van der Waals surface area contributed by atoms with Gasteiger partial charge in [-0.1, -0.05) is 50.8 Å². The summed E-state index contributed by atoms with van der Waals surface area (Å²) in [6, 6.07) is 9.22. The smallest absolute Gasteiger partial charge is 0.314 e. The van der Waals surface area contributed by atoms with Gasteiger partial charge in [-0.05, 0) is 56.1 Å². The van der Waals surface area contributed by atoms with Crippen LogP contribution in [0.1, 0.15) is 64.7 Å². The Kier molecular flexibility index (Phi) is 6.00. The highest BCUT2D eigenvalue weighted by Crippen LogP contribution is 2.52. The summed E-state index contributed by atoms with van der Waals surface area (Å²) in [5.74, 6) is 0.516. The molecule has 0 spiro atoms. The molecule has 1 aromatic carbocycles. The molecule has 0 radical (unpaired) electrons. The number of hydrogen-bond donors (Lipinski definition) is 1. The van der Waals surface area contributed by atoms with E-state index in [4.69, 9.17) is 10.5 Å². The third-order valence-corrected chi connectivity index (χ3v) is 6.75. The van der Waals surface area contributed by atoms with E-state index in [9.17, 15) is 9.59 Å². The van der Waals surface area contributed by atoms with E-state index >= 15 is 0 Å². The molecule has 26 heavy (non-hydrogen) atoms. The number of nitrogens with two attached hydrogens (primary N) is 1. The van der Waals surface area contributed by atoms with Crippen molar-refractivity contribution >= 4 is 11.9 Å². The largest absolute Gasteiger partial charge is 0.426 e. The van der Waals surface area contributed by atoms with Gasteiger partial charge in [0.1, 0.15) is 5.75 Å². The Bertz CT molecular complexity index is 622. The summed E-state index contributed by atoms with van der Waals surface area (Å²) >= 11 is 0. The SMILES string of the molecule is CCC1CCC(C(=O)Oc2ccccc2)C(C2(C(N)=O)CCCCC2)C1. The van der Waals surface area contributed by atoms with Gasteiger partial charge in [-0.15, -0.1) is 0 Å². The summed E-state index contributed by atoms with van der Waals surface area (Å²) in [6.45, 7) is 2.20. The molecule has 3 unspecified atom stereocenters. The number of rotatable bonds is 5. The fourth-order valence-corrected chi connectivity index (χ4v) is 5.18. The molecule has 0 heterocycles. The lowest BCUT2D eigenvalue weighted by Crippen LogP contribution is -2.51. The Morgan fingerprint density at radius 3 is 2.42 bits per heavy atom. The molecule has 4 nitrogen and oxygen atoms in total. The van der Waals surface area contributed by atoms with Crippen molar-refractivity contribution < 1.29 is 14.3 Å². The maximum absolute atomic E-state index is 13.0.